The fourth-order valence-electron chi connectivity index (χ4n) is 2.68. The molecule has 1 amide bonds. The van der Waals surface area contributed by atoms with Crippen LogP contribution >= 0.6 is 0 Å². The van der Waals surface area contributed by atoms with E-state index in [4.69, 9.17) is 4.74 Å². The highest BCUT2D eigenvalue weighted by atomic mass is 16.6. The second-order valence-electron chi connectivity index (χ2n) is 6.95. The van der Waals surface area contributed by atoms with Crippen LogP contribution in [-0.2, 0) is 11.2 Å². The van der Waals surface area contributed by atoms with Gasteiger partial charge >= 0.3 is 6.09 Å². The van der Waals surface area contributed by atoms with Gasteiger partial charge in [0, 0.05) is 25.0 Å². The fourth-order valence-corrected chi connectivity index (χ4v) is 2.68. The standard InChI is InChI=1S/C17H26N2O2/c1-13-7-8-14(11-18-13)10-15-6-5-9-19(12-15)16(20)21-17(2,3)4/h7-8,11,15H,5-6,9-10,12H2,1-4H3. The van der Waals surface area contributed by atoms with Crippen LogP contribution in [0.25, 0.3) is 0 Å². The Morgan fingerprint density at radius 2 is 2.19 bits per heavy atom. The lowest BCUT2D eigenvalue weighted by Gasteiger charge is -2.34. The van der Waals surface area contributed by atoms with E-state index in [1.807, 2.05) is 44.9 Å². The third-order valence-corrected chi connectivity index (χ3v) is 3.67. The van der Waals surface area contributed by atoms with E-state index >= 15 is 0 Å². The van der Waals surface area contributed by atoms with E-state index in [2.05, 4.69) is 11.1 Å². The number of nitrogens with zero attached hydrogens (tertiary/aromatic N) is 2. The van der Waals surface area contributed by atoms with Gasteiger partial charge in [0.2, 0.25) is 0 Å². The molecule has 0 saturated carbocycles. The molecule has 0 radical (unpaired) electrons. The molecule has 1 saturated heterocycles. The number of aryl methyl sites for hydroxylation is 1. The zero-order chi connectivity index (χ0) is 15.5. The Labute approximate surface area is 127 Å². The van der Waals surface area contributed by atoms with Crippen molar-refractivity contribution in [3.8, 4) is 0 Å². The summed E-state index contributed by atoms with van der Waals surface area (Å²) < 4.78 is 5.47. The SMILES string of the molecule is Cc1ccc(CC2CCCN(C(=O)OC(C)(C)C)C2)cn1. The van der Waals surface area contributed by atoms with Crippen LogP contribution in [0.1, 0.15) is 44.9 Å². The van der Waals surface area contributed by atoms with Crippen molar-refractivity contribution in [2.75, 3.05) is 13.1 Å². The van der Waals surface area contributed by atoms with Gasteiger partial charge in [0.1, 0.15) is 5.60 Å². The maximum atomic E-state index is 12.1. The summed E-state index contributed by atoms with van der Waals surface area (Å²) in [6.07, 6.45) is 4.94. The van der Waals surface area contributed by atoms with Gasteiger partial charge in [-0.05, 0) is 64.5 Å². The summed E-state index contributed by atoms with van der Waals surface area (Å²) in [7, 11) is 0. The van der Waals surface area contributed by atoms with Gasteiger partial charge in [-0.2, -0.15) is 0 Å². The molecule has 0 N–H and O–H groups in total. The monoisotopic (exact) mass is 290 g/mol. The average molecular weight is 290 g/mol. The molecule has 4 heteroatoms. The Bertz CT molecular complexity index is 477. The van der Waals surface area contributed by atoms with Crippen molar-refractivity contribution < 1.29 is 9.53 Å². The number of piperidine rings is 1. The van der Waals surface area contributed by atoms with E-state index in [1.165, 1.54) is 5.56 Å². The highest BCUT2D eigenvalue weighted by Crippen LogP contribution is 2.22. The van der Waals surface area contributed by atoms with Crippen LogP contribution in [0.5, 0.6) is 0 Å². The quantitative estimate of drug-likeness (QED) is 0.836. The molecule has 2 heterocycles. The Morgan fingerprint density at radius 1 is 1.43 bits per heavy atom. The number of hydrogen-bond donors (Lipinski definition) is 0. The van der Waals surface area contributed by atoms with Gasteiger partial charge in [0.05, 0.1) is 0 Å². The van der Waals surface area contributed by atoms with E-state index in [0.29, 0.717) is 5.92 Å². The van der Waals surface area contributed by atoms with E-state index in [0.717, 1.165) is 38.0 Å². The summed E-state index contributed by atoms with van der Waals surface area (Å²) in [5.74, 6) is 0.496. The maximum absolute atomic E-state index is 12.1. The molecule has 0 aromatic carbocycles. The first-order chi connectivity index (χ1) is 9.83. The smallest absolute Gasteiger partial charge is 0.410 e. The van der Waals surface area contributed by atoms with Crippen molar-refractivity contribution in [3.05, 3.63) is 29.6 Å². The van der Waals surface area contributed by atoms with Gasteiger partial charge in [-0.25, -0.2) is 4.79 Å². The number of likely N-dealkylation sites (tertiary alicyclic amines) is 1. The predicted octanol–water partition coefficient (Wildman–Crippen LogP) is 3.58. The minimum Gasteiger partial charge on any atom is -0.444 e. The van der Waals surface area contributed by atoms with E-state index in [1.54, 1.807) is 0 Å². The molecule has 1 aliphatic heterocycles. The summed E-state index contributed by atoms with van der Waals surface area (Å²) in [5, 5.41) is 0. The van der Waals surface area contributed by atoms with Gasteiger partial charge in [-0.1, -0.05) is 6.07 Å². The molecule has 4 nitrogen and oxygen atoms in total. The Kier molecular flexibility index (Phi) is 4.86. The van der Waals surface area contributed by atoms with Crippen molar-refractivity contribution in [2.45, 2.75) is 52.6 Å². The first kappa shape index (κ1) is 15.8. The van der Waals surface area contributed by atoms with Crippen LogP contribution in [-0.4, -0.2) is 34.7 Å². The molecule has 21 heavy (non-hydrogen) atoms. The zero-order valence-corrected chi connectivity index (χ0v) is 13.6. The largest absolute Gasteiger partial charge is 0.444 e. The summed E-state index contributed by atoms with van der Waals surface area (Å²) in [6, 6.07) is 4.18. The van der Waals surface area contributed by atoms with Crippen molar-refractivity contribution >= 4 is 6.09 Å². The lowest BCUT2D eigenvalue weighted by atomic mass is 9.92. The molecule has 0 aliphatic carbocycles. The van der Waals surface area contributed by atoms with Crippen LogP contribution in [0.4, 0.5) is 4.79 Å². The highest BCUT2D eigenvalue weighted by molar-refractivity contribution is 5.68. The number of carbonyl (C=O) groups is 1. The Hall–Kier alpha value is -1.58. The van der Waals surface area contributed by atoms with Crippen LogP contribution in [0.15, 0.2) is 18.3 Å². The molecule has 0 bridgehead atoms. The lowest BCUT2D eigenvalue weighted by molar-refractivity contribution is 0.0166. The van der Waals surface area contributed by atoms with Gasteiger partial charge in [0.15, 0.2) is 0 Å². The maximum Gasteiger partial charge on any atom is 0.410 e. The Balaban J connectivity index is 1.91. The fraction of sp³-hybridized carbons (Fsp3) is 0.647. The first-order valence-electron chi connectivity index (χ1n) is 7.73. The van der Waals surface area contributed by atoms with E-state index in [9.17, 15) is 4.79 Å². The van der Waals surface area contributed by atoms with Crippen LogP contribution in [0.3, 0.4) is 0 Å². The minimum atomic E-state index is -0.426. The normalized spacial score (nSPS) is 19.4. The number of amides is 1. The van der Waals surface area contributed by atoms with Crippen molar-refractivity contribution in [1.82, 2.24) is 9.88 Å². The Morgan fingerprint density at radius 3 is 2.81 bits per heavy atom. The van der Waals surface area contributed by atoms with Gasteiger partial charge in [0.25, 0.3) is 0 Å². The number of rotatable bonds is 2. The van der Waals surface area contributed by atoms with E-state index in [-0.39, 0.29) is 6.09 Å². The average Bonchev–Trinajstić information content (AvgIpc) is 2.40. The highest BCUT2D eigenvalue weighted by Gasteiger charge is 2.27. The zero-order valence-electron chi connectivity index (χ0n) is 13.6. The number of pyridine rings is 1. The van der Waals surface area contributed by atoms with Crippen LogP contribution < -0.4 is 0 Å². The molecule has 1 aromatic heterocycles. The van der Waals surface area contributed by atoms with Gasteiger partial charge < -0.3 is 9.64 Å². The molecule has 1 aliphatic rings. The number of carbonyl (C=O) groups excluding carboxylic acids is 1. The predicted molar refractivity (Wildman–Crippen MR) is 83.2 cm³/mol. The molecular formula is C17H26N2O2. The number of ether oxygens (including phenoxy) is 1. The molecular weight excluding hydrogens is 264 g/mol. The lowest BCUT2D eigenvalue weighted by Crippen LogP contribution is -2.43. The summed E-state index contributed by atoms with van der Waals surface area (Å²) in [6.45, 7) is 9.30. The summed E-state index contributed by atoms with van der Waals surface area (Å²) in [4.78, 5) is 18.3. The second-order valence-corrected chi connectivity index (χ2v) is 6.95. The molecule has 2 rings (SSSR count). The van der Waals surface area contributed by atoms with Gasteiger partial charge in [-0.15, -0.1) is 0 Å². The van der Waals surface area contributed by atoms with Crippen LogP contribution in [0, 0.1) is 12.8 Å². The van der Waals surface area contributed by atoms with Crippen molar-refractivity contribution in [2.24, 2.45) is 5.92 Å². The molecule has 1 aromatic rings. The first-order valence-corrected chi connectivity index (χ1v) is 7.73. The topological polar surface area (TPSA) is 42.4 Å². The van der Waals surface area contributed by atoms with Crippen molar-refractivity contribution in [3.63, 3.8) is 0 Å². The second kappa shape index (κ2) is 6.46. The summed E-state index contributed by atoms with van der Waals surface area (Å²) in [5.41, 5.74) is 1.86. The third kappa shape index (κ3) is 5.03. The molecule has 1 atom stereocenters. The van der Waals surface area contributed by atoms with Crippen LogP contribution in [0.2, 0.25) is 0 Å². The third-order valence-electron chi connectivity index (χ3n) is 3.67. The molecule has 1 fully saturated rings. The molecule has 0 spiro atoms. The number of hydrogen-bond acceptors (Lipinski definition) is 3. The van der Waals surface area contributed by atoms with Gasteiger partial charge in [-0.3, -0.25) is 4.98 Å². The van der Waals surface area contributed by atoms with Crippen molar-refractivity contribution in [1.29, 1.82) is 0 Å². The number of aromatic nitrogens is 1. The minimum absolute atomic E-state index is 0.186. The van der Waals surface area contributed by atoms with E-state index < -0.39 is 5.60 Å². The molecule has 1 unspecified atom stereocenters. The summed E-state index contributed by atoms with van der Waals surface area (Å²) >= 11 is 0. The molecule has 116 valence electrons.